The monoisotopic (exact) mass is 720 g/mol. The topological polar surface area (TPSA) is 136 Å². The number of hydrogen-bond donors (Lipinski definition) is 4. The number of benzene rings is 2. The van der Waals surface area contributed by atoms with E-state index in [9.17, 15) is 27.9 Å². The van der Waals surface area contributed by atoms with Gasteiger partial charge in [-0.2, -0.15) is 13.2 Å². The van der Waals surface area contributed by atoms with Crippen LogP contribution in [0.25, 0.3) is 22.2 Å². The first-order chi connectivity index (χ1) is 24.4. The maximum Gasteiger partial charge on any atom is 0.490 e. The maximum absolute atomic E-state index is 14.0. The lowest BCUT2D eigenvalue weighted by molar-refractivity contribution is -0.192. The summed E-state index contributed by atoms with van der Waals surface area (Å²) < 4.78 is 31.7. The molecule has 2 saturated heterocycles. The van der Waals surface area contributed by atoms with Crippen LogP contribution in [-0.2, 0) is 21.4 Å². The van der Waals surface area contributed by atoms with E-state index < -0.39 is 23.5 Å². The Balaban J connectivity index is 0.000000679. The zero-order chi connectivity index (χ0) is 38.0. The summed E-state index contributed by atoms with van der Waals surface area (Å²) in [6, 6.07) is 16.3. The number of fused-ring (bicyclic) bond motifs is 4. The van der Waals surface area contributed by atoms with E-state index in [4.69, 9.17) is 14.9 Å². The Morgan fingerprint density at radius 3 is 2.13 bits per heavy atom. The number of piperidine rings is 2. The number of carboxylic acids is 2. The van der Waals surface area contributed by atoms with Gasteiger partial charge in [-0.3, -0.25) is 9.78 Å². The van der Waals surface area contributed by atoms with Crippen molar-refractivity contribution in [1.82, 2.24) is 20.2 Å². The molecule has 4 aromatic rings. The van der Waals surface area contributed by atoms with Crippen molar-refractivity contribution in [3.63, 3.8) is 0 Å². The fourth-order valence-corrected chi connectivity index (χ4v) is 7.57. The number of carbonyl (C=O) groups excluding carboxylic acids is 1. The third kappa shape index (κ3) is 8.66. The molecule has 2 aromatic carbocycles. The highest BCUT2D eigenvalue weighted by Gasteiger charge is 2.43. The number of carboxylic acid groups (broad SMARTS) is 2. The molecule has 52 heavy (non-hydrogen) atoms. The lowest BCUT2D eigenvalue weighted by Gasteiger charge is -2.47. The standard InChI is InChI=1S/C38H46N4O3.C2HF3O2/c1-23-16-24(2)18-29(17-23)35-34(25(3)20-39-15-14-26-6-10-28(11-7-26)36(43)44)31-19-33(40-21-32(31)41-35)38(4,5)37(45)42-22-27-8-12-30(42)13-9-27;3-2(4,5)1(6)7/h6-7,10-11,16-19,21,25,27,30,39,41H,8-9,12-15,20,22H2,1-5H3,(H,43,44);(H,6,7)/t25-,27?,30?;/m1./s1. The SMILES string of the molecule is Cc1cc(C)cc(-c2[nH]c3cnc(C(C)(C)C(=O)N4CC5CCC4CC5)cc3c2[C@H](C)CNCCc2ccc(C(=O)O)cc2)c1.O=C(O)C(F)(F)F. The van der Waals surface area contributed by atoms with E-state index in [0.29, 0.717) is 17.5 Å². The fourth-order valence-electron chi connectivity index (χ4n) is 7.57. The molecule has 3 aliphatic rings. The zero-order valence-corrected chi connectivity index (χ0v) is 30.2. The predicted molar refractivity (Wildman–Crippen MR) is 194 cm³/mol. The van der Waals surface area contributed by atoms with Gasteiger partial charge in [0, 0.05) is 24.5 Å². The highest BCUT2D eigenvalue weighted by Crippen LogP contribution is 2.40. The second kappa shape index (κ2) is 15.5. The maximum atomic E-state index is 14.0. The molecule has 7 rings (SSSR count). The number of alkyl halides is 3. The van der Waals surface area contributed by atoms with Crippen molar-refractivity contribution in [3.05, 3.63) is 88.2 Å². The average Bonchev–Trinajstić information content (AvgIpc) is 3.49. The highest BCUT2D eigenvalue weighted by atomic mass is 19.4. The molecule has 2 aliphatic heterocycles. The molecule has 2 bridgehead atoms. The number of nitrogens with zero attached hydrogens (tertiary/aromatic N) is 2. The Bertz CT molecular complexity index is 1910. The number of aromatic carboxylic acids is 1. The van der Waals surface area contributed by atoms with Crippen molar-refractivity contribution >= 4 is 28.7 Å². The molecule has 3 fully saturated rings. The molecule has 0 unspecified atom stereocenters. The smallest absolute Gasteiger partial charge is 0.478 e. The summed E-state index contributed by atoms with van der Waals surface area (Å²) >= 11 is 0. The Morgan fingerprint density at radius 1 is 0.981 bits per heavy atom. The Hall–Kier alpha value is -4.71. The normalized spacial score (nSPS) is 17.8. The largest absolute Gasteiger partial charge is 0.490 e. The number of rotatable bonds is 10. The Labute approximate surface area is 301 Å². The summed E-state index contributed by atoms with van der Waals surface area (Å²) in [5, 5.41) is 21.1. The van der Waals surface area contributed by atoms with Gasteiger partial charge in [0.2, 0.25) is 5.91 Å². The van der Waals surface area contributed by atoms with Crippen LogP contribution < -0.4 is 5.32 Å². The van der Waals surface area contributed by atoms with Gasteiger partial charge in [-0.05, 0) is 125 Å². The third-order valence-electron chi connectivity index (χ3n) is 10.4. The molecule has 1 amide bonds. The summed E-state index contributed by atoms with van der Waals surface area (Å²) in [5.41, 5.74) is 8.42. The minimum atomic E-state index is -5.08. The molecule has 2 aromatic heterocycles. The van der Waals surface area contributed by atoms with E-state index in [0.717, 1.165) is 72.3 Å². The summed E-state index contributed by atoms with van der Waals surface area (Å²) in [6.07, 6.45) is 2.38. The van der Waals surface area contributed by atoms with Gasteiger partial charge in [0.25, 0.3) is 0 Å². The summed E-state index contributed by atoms with van der Waals surface area (Å²) in [4.78, 5) is 44.9. The van der Waals surface area contributed by atoms with E-state index in [1.807, 2.05) is 32.2 Å². The number of aryl methyl sites for hydroxylation is 2. The molecular formula is C40H47F3N4O5. The van der Waals surface area contributed by atoms with Gasteiger partial charge < -0.3 is 25.4 Å². The van der Waals surface area contributed by atoms with Gasteiger partial charge in [0.05, 0.1) is 34.1 Å². The molecule has 0 spiro atoms. The number of aromatic nitrogens is 2. The van der Waals surface area contributed by atoms with Crippen LogP contribution in [-0.4, -0.2) is 74.8 Å². The number of pyridine rings is 1. The van der Waals surface area contributed by atoms with Crippen molar-refractivity contribution in [2.24, 2.45) is 5.92 Å². The second-order valence-corrected chi connectivity index (χ2v) is 14.8. The van der Waals surface area contributed by atoms with E-state index in [2.05, 4.69) is 60.2 Å². The molecule has 12 heteroatoms. The van der Waals surface area contributed by atoms with Crippen molar-refractivity contribution < 1.29 is 37.8 Å². The lowest BCUT2D eigenvalue weighted by atomic mass is 9.77. The second-order valence-electron chi connectivity index (χ2n) is 14.8. The van der Waals surface area contributed by atoms with Gasteiger partial charge in [0.15, 0.2) is 0 Å². The minimum Gasteiger partial charge on any atom is -0.478 e. The van der Waals surface area contributed by atoms with Crippen LogP contribution in [0.2, 0.25) is 0 Å². The van der Waals surface area contributed by atoms with Crippen molar-refractivity contribution in [3.8, 4) is 11.3 Å². The van der Waals surface area contributed by atoms with Crippen LogP contribution in [0.15, 0.2) is 54.7 Å². The molecule has 278 valence electrons. The van der Waals surface area contributed by atoms with Crippen LogP contribution >= 0.6 is 0 Å². The van der Waals surface area contributed by atoms with Gasteiger partial charge in [0.1, 0.15) is 0 Å². The van der Waals surface area contributed by atoms with Crippen molar-refractivity contribution in [1.29, 1.82) is 0 Å². The first kappa shape index (κ1) is 38.5. The van der Waals surface area contributed by atoms with E-state index in [-0.39, 0.29) is 11.8 Å². The molecule has 4 heterocycles. The molecule has 1 saturated carbocycles. The fraction of sp³-hybridized carbons (Fsp3) is 0.450. The molecule has 4 N–H and O–H groups in total. The number of nitrogens with one attached hydrogen (secondary N) is 2. The van der Waals surface area contributed by atoms with E-state index in [1.54, 1.807) is 12.1 Å². The number of H-pyrrole nitrogens is 1. The number of carbonyl (C=O) groups is 3. The number of hydrogen-bond acceptors (Lipinski definition) is 5. The minimum absolute atomic E-state index is 0.177. The number of aromatic amines is 1. The third-order valence-corrected chi connectivity index (χ3v) is 10.4. The van der Waals surface area contributed by atoms with Crippen molar-refractivity contribution in [2.75, 3.05) is 19.6 Å². The molecule has 1 aliphatic carbocycles. The summed E-state index contributed by atoms with van der Waals surface area (Å²) in [6.45, 7) is 13.0. The average molecular weight is 721 g/mol. The zero-order valence-electron chi connectivity index (χ0n) is 30.2. The molecule has 9 nitrogen and oxygen atoms in total. The number of halogens is 3. The first-order valence-corrected chi connectivity index (χ1v) is 17.7. The van der Waals surface area contributed by atoms with Crippen LogP contribution in [0.1, 0.15) is 90.7 Å². The Morgan fingerprint density at radius 2 is 1.60 bits per heavy atom. The quantitative estimate of drug-likeness (QED) is 0.123. The number of amides is 1. The van der Waals surface area contributed by atoms with Crippen LogP contribution in [0.4, 0.5) is 13.2 Å². The molecule has 0 radical (unpaired) electrons. The van der Waals surface area contributed by atoms with Gasteiger partial charge >= 0.3 is 18.1 Å². The summed E-state index contributed by atoms with van der Waals surface area (Å²) in [5.74, 6) is -2.65. The van der Waals surface area contributed by atoms with Crippen LogP contribution in [0.5, 0.6) is 0 Å². The predicted octanol–water partition coefficient (Wildman–Crippen LogP) is 7.79. The Kier molecular flexibility index (Phi) is 11.5. The molecule has 1 atom stereocenters. The first-order valence-electron chi connectivity index (χ1n) is 17.7. The van der Waals surface area contributed by atoms with E-state index in [1.165, 1.54) is 29.5 Å². The van der Waals surface area contributed by atoms with Gasteiger partial charge in [-0.1, -0.05) is 36.2 Å². The lowest BCUT2D eigenvalue weighted by Crippen LogP contribution is -2.55. The van der Waals surface area contributed by atoms with E-state index >= 15 is 0 Å². The van der Waals surface area contributed by atoms with Crippen LogP contribution in [0, 0.1) is 19.8 Å². The van der Waals surface area contributed by atoms with Gasteiger partial charge in [-0.15, -0.1) is 0 Å². The van der Waals surface area contributed by atoms with Crippen molar-refractivity contribution in [2.45, 2.75) is 90.3 Å². The highest BCUT2D eigenvalue weighted by molar-refractivity contribution is 5.94. The number of aliphatic carboxylic acids is 1. The molecular weight excluding hydrogens is 673 g/mol. The summed E-state index contributed by atoms with van der Waals surface area (Å²) in [7, 11) is 0. The van der Waals surface area contributed by atoms with Gasteiger partial charge in [-0.25, -0.2) is 9.59 Å². The van der Waals surface area contributed by atoms with Crippen LogP contribution in [0.3, 0.4) is 0 Å².